The van der Waals surface area contributed by atoms with Crippen LogP contribution in [0.5, 0.6) is 0 Å². The van der Waals surface area contributed by atoms with Crippen LogP contribution in [-0.2, 0) is 9.53 Å². The van der Waals surface area contributed by atoms with E-state index in [2.05, 4.69) is 16.1 Å². The Morgan fingerprint density at radius 3 is 2.75 bits per heavy atom. The van der Waals surface area contributed by atoms with Gasteiger partial charge in [-0.2, -0.15) is 5.26 Å². The lowest BCUT2D eigenvalue weighted by Crippen LogP contribution is -2.27. The Hall–Kier alpha value is -2.02. The zero-order chi connectivity index (χ0) is 12.1. The van der Waals surface area contributed by atoms with E-state index in [0.717, 1.165) is 11.3 Å². The van der Waals surface area contributed by atoms with Crippen LogP contribution in [0.4, 0.5) is 5.69 Å². The lowest BCUT2D eigenvalue weighted by atomic mass is 10.1. The van der Waals surface area contributed by atoms with Crippen molar-refractivity contribution < 1.29 is 9.53 Å². The summed E-state index contributed by atoms with van der Waals surface area (Å²) in [4.78, 5) is 11.2. The van der Waals surface area contributed by atoms with Crippen molar-refractivity contribution >= 4 is 11.7 Å². The standard InChI is InChI=1S/C12H14N2O2/c1-8-6-10(7-13)4-5-11(8)14-9(2)12(15)16-3/h4-6,9,14H,1-3H3. The number of anilines is 1. The maximum absolute atomic E-state index is 11.2. The first kappa shape index (κ1) is 12.1. The SMILES string of the molecule is COC(=O)C(C)Nc1ccc(C#N)cc1C. The van der Waals surface area contributed by atoms with E-state index in [9.17, 15) is 4.79 Å². The molecule has 0 aromatic heterocycles. The molecule has 1 N–H and O–H groups in total. The summed E-state index contributed by atoms with van der Waals surface area (Å²) >= 11 is 0. The van der Waals surface area contributed by atoms with Crippen LogP contribution in [0.2, 0.25) is 0 Å². The molecule has 0 bridgehead atoms. The van der Waals surface area contributed by atoms with Crippen LogP contribution in [0.15, 0.2) is 18.2 Å². The molecule has 1 atom stereocenters. The number of aryl methyl sites for hydroxylation is 1. The van der Waals surface area contributed by atoms with Crippen molar-refractivity contribution in [1.29, 1.82) is 5.26 Å². The molecule has 0 fully saturated rings. The summed E-state index contributed by atoms with van der Waals surface area (Å²) in [5.41, 5.74) is 2.36. The van der Waals surface area contributed by atoms with Crippen LogP contribution in [0.1, 0.15) is 18.1 Å². The van der Waals surface area contributed by atoms with E-state index in [1.807, 2.05) is 6.92 Å². The van der Waals surface area contributed by atoms with E-state index in [4.69, 9.17) is 5.26 Å². The Labute approximate surface area is 94.8 Å². The maximum Gasteiger partial charge on any atom is 0.327 e. The number of rotatable bonds is 3. The third-order valence-corrected chi connectivity index (χ3v) is 2.28. The molecule has 0 amide bonds. The molecule has 1 rings (SSSR count). The molecular weight excluding hydrogens is 204 g/mol. The van der Waals surface area contributed by atoms with Crippen molar-refractivity contribution in [3.63, 3.8) is 0 Å². The number of nitriles is 1. The van der Waals surface area contributed by atoms with E-state index >= 15 is 0 Å². The first-order valence-corrected chi connectivity index (χ1v) is 4.93. The lowest BCUT2D eigenvalue weighted by molar-refractivity contribution is -0.141. The normalized spacial score (nSPS) is 11.4. The molecule has 84 valence electrons. The van der Waals surface area contributed by atoms with Gasteiger partial charge in [0.05, 0.1) is 18.7 Å². The molecule has 0 aliphatic rings. The summed E-state index contributed by atoms with van der Waals surface area (Å²) in [5, 5.41) is 11.7. The molecule has 4 heteroatoms. The van der Waals surface area contributed by atoms with Gasteiger partial charge in [0, 0.05) is 5.69 Å². The van der Waals surface area contributed by atoms with Gasteiger partial charge in [-0.1, -0.05) is 0 Å². The molecule has 0 spiro atoms. The smallest absolute Gasteiger partial charge is 0.327 e. The minimum absolute atomic E-state index is 0.316. The predicted molar refractivity (Wildman–Crippen MR) is 61.0 cm³/mol. The third-order valence-electron chi connectivity index (χ3n) is 2.28. The highest BCUT2D eigenvalue weighted by atomic mass is 16.5. The molecule has 16 heavy (non-hydrogen) atoms. The fourth-order valence-corrected chi connectivity index (χ4v) is 1.36. The molecule has 0 radical (unpaired) electrons. The second kappa shape index (κ2) is 5.17. The van der Waals surface area contributed by atoms with Crippen molar-refractivity contribution in [2.75, 3.05) is 12.4 Å². The van der Waals surface area contributed by atoms with Crippen LogP contribution in [0, 0.1) is 18.3 Å². The molecule has 1 aromatic carbocycles. The van der Waals surface area contributed by atoms with Gasteiger partial charge in [0.15, 0.2) is 0 Å². The number of methoxy groups -OCH3 is 1. The Kier molecular flexibility index (Phi) is 3.90. The lowest BCUT2D eigenvalue weighted by Gasteiger charge is -2.14. The molecule has 0 saturated carbocycles. The molecule has 0 heterocycles. The minimum atomic E-state index is -0.406. The summed E-state index contributed by atoms with van der Waals surface area (Å²) in [6, 6.07) is 6.92. The van der Waals surface area contributed by atoms with Gasteiger partial charge in [-0.05, 0) is 37.6 Å². The molecule has 0 aliphatic carbocycles. The minimum Gasteiger partial charge on any atom is -0.467 e. The largest absolute Gasteiger partial charge is 0.467 e. The molecule has 0 aliphatic heterocycles. The highest BCUT2D eigenvalue weighted by Gasteiger charge is 2.13. The number of esters is 1. The number of nitrogens with zero attached hydrogens (tertiary/aromatic N) is 1. The number of hydrogen-bond donors (Lipinski definition) is 1. The Bertz CT molecular complexity index is 435. The zero-order valence-electron chi connectivity index (χ0n) is 9.57. The summed E-state index contributed by atoms with van der Waals surface area (Å²) in [6.45, 7) is 3.61. The fourth-order valence-electron chi connectivity index (χ4n) is 1.36. The number of carbonyl (C=O) groups is 1. The van der Waals surface area contributed by atoms with Gasteiger partial charge in [-0.15, -0.1) is 0 Å². The van der Waals surface area contributed by atoms with Gasteiger partial charge in [-0.25, -0.2) is 4.79 Å². The molecular formula is C12H14N2O2. The number of benzene rings is 1. The van der Waals surface area contributed by atoms with Crippen LogP contribution >= 0.6 is 0 Å². The van der Waals surface area contributed by atoms with Gasteiger partial charge < -0.3 is 10.1 Å². The fraction of sp³-hybridized carbons (Fsp3) is 0.333. The number of hydrogen-bond acceptors (Lipinski definition) is 4. The predicted octanol–water partition coefficient (Wildman–Crippen LogP) is 1.84. The van der Waals surface area contributed by atoms with E-state index in [-0.39, 0.29) is 5.97 Å². The van der Waals surface area contributed by atoms with E-state index in [0.29, 0.717) is 5.56 Å². The summed E-state index contributed by atoms with van der Waals surface area (Å²) in [7, 11) is 1.35. The number of ether oxygens (including phenoxy) is 1. The van der Waals surface area contributed by atoms with Gasteiger partial charge in [0.25, 0.3) is 0 Å². The van der Waals surface area contributed by atoms with E-state index < -0.39 is 6.04 Å². The van der Waals surface area contributed by atoms with Crippen molar-refractivity contribution in [2.45, 2.75) is 19.9 Å². The van der Waals surface area contributed by atoms with Crippen molar-refractivity contribution in [3.05, 3.63) is 29.3 Å². The average Bonchev–Trinajstić information content (AvgIpc) is 2.30. The van der Waals surface area contributed by atoms with Crippen molar-refractivity contribution in [2.24, 2.45) is 0 Å². The van der Waals surface area contributed by atoms with E-state index in [1.165, 1.54) is 7.11 Å². The highest BCUT2D eigenvalue weighted by Crippen LogP contribution is 2.17. The molecule has 0 saturated heterocycles. The highest BCUT2D eigenvalue weighted by molar-refractivity contribution is 5.79. The molecule has 1 aromatic rings. The summed E-state index contributed by atoms with van der Waals surface area (Å²) in [5.74, 6) is -0.316. The maximum atomic E-state index is 11.2. The molecule has 4 nitrogen and oxygen atoms in total. The second-order valence-corrected chi connectivity index (χ2v) is 3.53. The summed E-state index contributed by atoms with van der Waals surface area (Å²) in [6.07, 6.45) is 0. The van der Waals surface area contributed by atoms with E-state index in [1.54, 1.807) is 25.1 Å². The monoisotopic (exact) mass is 218 g/mol. The number of carbonyl (C=O) groups excluding carboxylic acids is 1. The topological polar surface area (TPSA) is 62.1 Å². The Morgan fingerprint density at radius 1 is 1.56 bits per heavy atom. The number of nitrogens with one attached hydrogen (secondary N) is 1. The van der Waals surface area contributed by atoms with Gasteiger partial charge in [0.2, 0.25) is 0 Å². The quantitative estimate of drug-likeness (QED) is 0.786. The van der Waals surface area contributed by atoms with Crippen molar-refractivity contribution in [1.82, 2.24) is 0 Å². The average molecular weight is 218 g/mol. The van der Waals surface area contributed by atoms with Gasteiger partial charge in [0.1, 0.15) is 6.04 Å². The second-order valence-electron chi connectivity index (χ2n) is 3.53. The van der Waals surface area contributed by atoms with Gasteiger partial charge in [-0.3, -0.25) is 0 Å². The Balaban J connectivity index is 2.83. The van der Waals surface area contributed by atoms with Crippen LogP contribution in [0.3, 0.4) is 0 Å². The Morgan fingerprint density at radius 2 is 2.25 bits per heavy atom. The molecule has 1 unspecified atom stereocenters. The summed E-state index contributed by atoms with van der Waals surface area (Å²) < 4.78 is 4.62. The third kappa shape index (κ3) is 2.74. The van der Waals surface area contributed by atoms with Crippen LogP contribution in [-0.4, -0.2) is 19.1 Å². The van der Waals surface area contributed by atoms with Crippen molar-refractivity contribution in [3.8, 4) is 6.07 Å². The zero-order valence-corrected chi connectivity index (χ0v) is 9.57. The first-order valence-electron chi connectivity index (χ1n) is 4.93. The van der Waals surface area contributed by atoms with Gasteiger partial charge >= 0.3 is 5.97 Å². The van der Waals surface area contributed by atoms with Crippen LogP contribution < -0.4 is 5.32 Å². The van der Waals surface area contributed by atoms with Crippen LogP contribution in [0.25, 0.3) is 0 Å². The first-order chi connectivity index (χ1) is 7.58.